The summed E-state index contributed by atoms with van der Waals surface area (Å²) in [4.78, 5) is 42.2. The number of likely N-dealkylation sites (N-methyl/N-ethyl adjacent to an activating group) is 1. The molecule has 3 saturated heterocycles. The van der Waals surface area contributed by atoms with Crippen LogP contribution in [0.5, 0.6) is 0 Å². The maximum atomic E-state index is 12.7. The van der Waals surface area contributed by atoms with Crippen molar-refractivity contribution < 1.29 is 23.9 Å². The van der Waals surface area contributed by atoms with Crippen molar-refractivity contribution in [2.75, 3.05) is 32.7 Å². The highest BCUT2D eigenvalue weighted by molar-refractivity contribution is 6.03. The van der Waals surface area contributed by atoms with Crippen LogP contribution in [0.2, 0.25) is 0 Å². The Morgan fingerprint density at radius 1 is 1.22 bits per heavy atom. The van der Waals surface area contributed by atoms with Gasteiger partial charge in [0.1, 0.15) is 5.60 Å². The predicted octanol–water partition coefficient (Wildman–Crippen LogP) is 2.22. The van der Waals surface area contributed by atoms with Gasteiger partial charge in [0.05, 0.1) is 0 Å². The van der Waals surface area contributed by atoms with Crippen LogP contribution in [0.1, 0.15) is 53.4 Å². The molecule has 0 aromatic carbocycles. The number of rotatable bonds is 2. The summed E-state index contributed by atoms with van der Waals surface area (Å²) in [6.07, 6.45) is 2.27. The molecule has 1 unspecified atom stereocenters. The van der Waals surface area contributed by atoms with E-state index in [-0.39, 0.29) is 18.0 Å². The van der Waals surface area contributed by atoms with E-state index < -0.39 is 17.3 Å². The van der Waals surface area contributed by atoms with Crippen LogP contribution in [0, 0.1) is 0 Å². The van der Waals surface area contributed by atoms with Crippen LogP contribution in [-0.4, -0.2) is 82.8 Å². The highest BCUT2D eigenvalue weighted by Gasteiger charge is 2.55. The van der Waals surface area contributed by atoms with Crippen LogP contribution in [0.25, 0.3) is 0 Å². The summed E-state index contributed by atoms with van der Waals surface area (Å²) in [6, 6.07) is 0.281. The molecule has 1 atom stereocenters. The van der Waals surface area contributed by atoms with Crippen LogP contribution in [-0.2, 0) is 14.3 Å². The standard InChI is InChI=1S/C19H31N3O5/c1-5-22-15(23)19(27-17(22)25)9-6-10-21(13-19)14-7-11-20(12-8-14)16(24)26-18(2,3)4/h14H,5-13H2,1-4H3. The Kier molecular flexibility index (Phi) is 5.38. The van der Waals surface area contributed by atoms with Gasteiger partial charge in [0.25, 0.3) is 5.91 Å². The second kappa shape index (κ2) is 7.30. The van der Waals surface area contributed by atoms with E-state index in [1.165, 1.54) is 4.90 Å². The van der Waals surface area contributed by atoms with Gasteiger partial charge in [0.15, 0.2) is 0 Å². The van der Waals surface area contributed by atoms with Crippen LogP contribution < -0.4 is 0 Å². The number of likely N-dealkylation sites (tertiary alicyclic amines) is 2. The Balaban J connectivity index is 1.58. The van der Waals surface area contributed by atoms with Crippen molar-refractivity contribution in [1.82, 2.24) is 14.7 Å². The minimum Gasteiger partial charge on any atom is -0.444 e. The summed E-state index contributed by atoms with van der Waals surface area (Å²) in [5.74, 6) is -0.203. The van der Waals surface area contributed by atoms with Gasteiger partial charge in [-0.05, 0) is 59.9 Å². The molecule has 152 valence electrons. The van der Waals surface area contributed by atoms with E-state index in [1.807, 2.05) is 20.8 Å². The predicted molar refractivity (Wildman–Crippen MR) is 98.2 cm³/mol. The van der Waals surface area contributed by atoms with Gasteiger partial charge in [-0.15, -0.1) is 0 Å². The van der Waals surface area contributed by atoms with Gasteiger partial charge in [-0.1, -0.05) is 0 Å². The van der Waals surface area contributed by atoms with Crippen molar-refractivity contribution in [3.05, 3.63) is 0 Å². The highest BCUT2D eigenvalue weighted by Crippen LogP contribution is 2.35. The minimum absolute atomic E-state index is 0.203. The number of nitrogens with zero attached hydrogens (tertiary/aromatic N) is 3. The van der Waals surface area contributed by atoms with Crippen LogP contribution in [0.4, 0.5) is 9.59 Å². The van der Waals surface area contributed by atoms with Gasteiger partial charge in [-0.25, -0.2) is 14.5 Å². The van der Waals surface area contributed by atoms with Crippen LogP contribution in [0.3, 0.4) is 0 Å². The first-order valence-electron chi connectivity index (χ1n) is 9.92. The van der Waals surface area contributed by atoms with Crippen molar-refractivity contribution in [1.29, 1.82) is 0 Å². The van der Waals surface area contributed by atoms with Gasteiger partial charge in [0, 0.05) is 32.2 Å². The second-order valence-corrected chi connectivity index (χ2v) is 8.68. The maximum absolute atomic E-state index is 12.7. The number of hydrogen-bond acceptors (Lipinski definition) is 6. The van der Waals surface area contributed by atoms with E-state index in [1.54, 1.807) is 11.8 Å². The summed E-state index contributed by atoms with van der Waals surface area (Å²) in [6.45, 7) is 10.3. The number of ether oxygens (including phenoxy) is 2. The first kappa shape index (κ1) is 19.9. The molecule has 3 aliphatic heterocycles. The van der Waals surface area contributed by atoms with Crippen molar-refractivity contribution in [3.63, 3.8) is 0 Å². The molecule has 3 heterocycles. The molecule has 0 N–H and O–H groups in total. The van der Waals surface area contributed by atoms with E-state index in [0.717, 1.165) is 25.8 Å². The Morgan fingerprint density at radius 3 is 2.44 bits per heavy atom. The molecule has 0 aromatic rings. The average Bonchev–Trinajstić information content (AvgIpc) is 2.83. The lowest BCUT2D eigenvalue weighted by atomic mass is 9.89. The molecular formula is C19H31N3O5. The number of imide groups is 1. The number of carbonyl (C=O) groups is 3. The Bertz CT molecular complexity index is 609. The van der Waals surface area contributed by atoms with Gasteiger partial charge in [-0.3, -0.25) is 9.69 Å². The lowest BCUT2D eigenvalue weighted by molar-refractivity contribution is -0.142. The maximum Gasteiger partial charge on any atom is 0.417 e. The largest absolute Gasteiger partial charge is 0.444 e. The number of amides is 3. The fraction of sp³-hybridized carbons (Fsp3) is 0.842. The van der Waals surface area contributed by atoms with E-state index in [4.69, 9.17) is 9.47 Å². The molecule has 8 heteroatoms. The summed E-state index contributed by atoms with van der Waals surface area (Å²) in [5.41, 5.74) is -1.52. The SMILES string of the molecule is CCN1C(=O)OC2(CCCN(C3CCN(C(=O)OC(C)(C)C)CC3)C2)C1=O. The van der Waals surface area contributed by atoms with E-state index >= 15 is 0 Å². The monoisotopic (exact) mass is 381 g/mol. The Morgan fingerprint density at radius 2 is 1.89 bits per heavy atom. The second-order valence-electron chi connectivity index (χ2n) is 8.68. The molecule has 0 radical (unpaired) electrons. The smallest absolute Gasteiger partial charge is 0.417 e. The van der Waals surface area contributed by atoms with Crippen molar-refractivity contribution in [3.8, 4) is 0 Å². The molecule has 1 spiro atoms. The third-order valence-electron chi connectivity index (χ3n) is 5.57. The molecule has 3 amide bonds. The summed E-state index contributed by atoms with van der Waals surface area (Å²) in [7, 11) is 0. The number of hydrogen-bond donors (Lipinski definition) is 0. The van der Waals surface area contributed by atoms with E-state index in [2.05, 4.69) is 4.90 Å². The molecule has 0 saturated carbocycles. The molecule has 27 heavy (non-hydrogen) atoms. The molecule has 0 aromatic heterocycles. The fourth-order valence-corrected chi connectivity index (χ4v) is 4.23. The molecular weight excluding hydrogens is 350 g/mol. The van der Waals surface area contributed by atoms with Crippen molar-refractivity contribution in [2.45, 2.75) is 70.6 Å². The number of carbonyl (C=O) groups excluding carboxylic acids is 3. The molecule has 8 nitrogen and oxygen atoms in total. The first-order valence-corrected chi connectivity index (χ1v) is 9.92. The Labute approximate surface area is 160 Å². The normalized spacial score (nSPS) is 28.0. The summed E-state index contributed by atoms with van der Waals surface area (Å²) >= 11 is 0. The highest BCUT2D eigenvalue weighted by atomic mass is 16.6. The third kappa shape index (κ3) is 4.05. The Hall–Kier alpha value is -1.83. The fourth-order valence-electron chi connectivity index (χ4n) is 4.23. The zero-order valence-electron chi connectivity index (χ0n) is 16.8. The first-order chi connectivity index (χ1) is 12.6. The lowest BCUT2D eigenvalue weighted by Gasteiger charge is -2.44. The van der Waals surface area contributed by atoms with Gasteiger partial charge in [-0.2, -0.15) is 0 Å². The van der Waals surface area contributed by atoms with Crippen molar-refractivity contribution >= 4 is 18.1 Å². The minimum atomic E-state index is -1.02. The zero-order chi connectivity index (χ0) is 19.8. The molecule has 3 aliphatic rings. The van der Waals surface area contributed by atoms with Gasteiger partial charge < -0.3 is 14.4 Å². The molecule has 0 bridgehead atoms. The molecule has 3 rings (SSSR count). The zero-order valence-corrected chi connectivity index (χ0v) is 16.8. The van der Waals surface area contributed by atoms with Gasteiger partial charge >= 0.3 is 12.2 Å². The van der Waals surface area contributed by atoms with E-state index in [0.29, 0.717) is 32.6 Å². The number of piperidine rings is 2. The van der Waals surface area contributed by atoms with Crippen LogP contribution >= 0.6 is 0 Å². The average molecular weight is 381 g/mol. The van der Waals surface area contributed by atoms with Crippen molar-refractivity contribution in [2.24, 2.45) is 0 Å². The topological polar surface area (TPSA) is 79.4 Å². The van der Waals surface area contributed by atoms with E-state index in [9.17, 15) is 14.4 Å². The quantitative estimate of drug-likeness (QED) is 0.730. The summed E-state index contributed by atoms with van der Waals surface area (Å²) < 4.78 is 11.0. The lowest BCUT2D eigenvalue weighted by Crippen LogP contribution is -2.58. The molecule has 3 fully saturated rings. The molecule has 0 aliphatic carbocycles. The van der Waals surface area contributed by atoms with Crippen LogP contribution in [0.15, 0.2) is 0 Å². The van der Waals surface area contributed by atoms with Gasteiger partial charge in [0.2, 0.25) is 5.60 Å². The third-order valence-corrected chi connectivity index (χ3v) is 5.57. The summed E-state index contributed by atoms with van der Waals surface area (Å²) in [5, 5.41) is 0.